The molecular formula is C19H15N3O2. The van der Waals surface area contributed by atoms with Crippen molar-refractivity contribution in [1.82, 2.24) is 15.3 Å². The van der Waals surface area contributed by atoms with Gasteiger partial charge in [0.2, 0.25) is 0 Å². The number of rotatable bonds is 4. The summed E-state index contributed by atoms with van der Waals surface area (Å²) in [4.78, 5) is 19.7. The summed E-state index contributed by atoms with van der Waals surface area (Å²) in [5, 5.41) is 3.87. The molecule has 2 N–H and O–H groups in total. The van der Waals surface area contributed by atoms with E-state index in [2.05, 4.69) is 15.3 Å². The predicted octanol–water partition coefficient (Wildman–Crippen LogP) is 3.75. The van der Waals surface area contributed by atoms with Crippen LogP contribution in [-0.4, -0.2) is 15.9 Å². The molecule has 0 aliphatic carbocycles. The van der Waals surface area contributed by atoms with Crippen molar-refractivity contribution in [2.45, 2.75) is 6.54 Å². The summed E-state index contributed by atoms with van der Waals surface area (Å²) in [5.41, 5.74) is 2.54. The second kappa shape index (κ2) is 6.04. The molecule has 0 bridgehead atoms. The van der Waals surface area contributed by atoms with E-state index < -0.39 is 0 Å². The number of nitrogens with zero attached hydrogens (tertiary/aromatic N) is 1. The number of aromatic nitrogens is 2. The van der Waals surface area contributed by atoms with E-state index in [4.69, 9.17) is 4.42 Å². The van der Waals surface area contributed by atoms with Crippen molar-refractivity contribution >= 4 is 16.9 Å². The van der Waals surface area contributed by atoms with Crippen molar-refractivity contribution in [2.75, 3.05) is 0 Å². The lowest BCUT2D eigenvalue weighted by molar-refractivity contribution is 0.0923. The molecule has 3 heterocycles. The van der Waals surface area contributed by atoms with Gasteiger partial charge in [0.05, 0.1) is 12.2 Å². The van der Waals surface area contributed by atoms with E-state index in [-0.39, 0.29) is 11.7 Å². The first-order chi connectivity index (χ1) is 11.8. The summed E-state index contributed by atoms with van der Waals surface area (Å²) in [7, 11) is 0. The lowest BCUT2D eigenvalue weighted by atomic mass is 10.2. The van der Waals surface area contributed by atoms with Gasteiger partial charge in [-0.1, -0.05) is 30.3 Å². The fourth-order valence-electron chi connectivity index (χ4n) is 2.54. The van der Waals surface area contributed by atoms with Crippen molar-refractivity contribution in [3.63, 3.8) is 0 Å². The Morgan fingerprint density at radius 2 is 1.92 bits per heavy atom. The topological polar surface area (TPSA) is 70.9 Å². The van der Waals surface area contributed by atoms with E-state index >= 15 is 0 Å². The smallest absolute Gasteiger partial charge is 0.287 e. The molecule has 1 amide bonds. The van der Waals surface area contributed by atoms with Gasteiger partial charge in [0, 0.05) is 17.1 Å². The van der Waals surface area contributed by atoms with Crippen molar-refractivity contribution < 1.29 is 9.21 Å². The molecular weight excluding hydrogens is 302 g/mol. The molecule has 4 rings (SSSR count). The SMILES string of the molecule is O=C(NCc1ccc2cc[nH]c2n1)c1ccc(-c2ccccc2)o1. The monoisotopic (exact) mass is 317 g/mol. The van der Waals surface area contributed by atoms with Gasteiger partial charge in [-0.2, -0.15) is 0 Å². The molecule has 0 spiro atoms. The Morgan fingerprint density at radius 3 is 2.79 bits per heavy atom. The number of furan rings is 1. The quantitative estimate of drug-likeness (QED) is 0.602. The molecule has 0 aliphatic heterocycles. The predicted molar refractivity (Wildman–Crippen MR) is 91.4 cm³/mol. The standard InChI is InChI=1S/C19H15N3O2/c23-19(17-9-8-16(24-17)13-4-2-1-3-5-13)21-12-15-7-6-14-10-11-20-18(14)22-15/h1-11H,12H2,(H,20,22)(H,21,23). The van der Waals surface area contributed by atoms with E-state index in [1.54, 1.807) is 12.1 Å². The van der Waals surface area contributed by atoms with Crippen LogP contribution in [0.25, 0.3) is 22.4 Å². The van der Waals surface area contributed by atoms with Crippen molar-refractivity contribution in [3.8, 4) is 11.3 Å². The van der Waals surface area contributed by atoms with Crippen molar-refractivity contribution in [1.29, 1.82) is 0 Å². The van der Waals surface area contributed by atoms with Crippen LogP contribution in [0.3, 0.4) is 0 Å². The van der Waals surface area contributed by atoms with Gasteiger partial charge in [-0.15, -0.1) is 0 Å². The van der Waals surface area contributed by atoms with E-state index in [0.29, 0.717) is 12.3 Å². The number of hydrogen-bond acceptors (Lipinski definition) is 3. The second-order valence-electron chi connectivity index (χ2n) is 5.43. The van der Waals surface area contributed by atoms with Gasteiger partial charge in [0.15, 0.2) is 5.76 Å². The van der Waals surface area contributed by atoms with Gasteiger partial charge in [-0.25, -0.2) is 4.98 Å². The van der Waals surface area contributed by atoms with Crippen molar-refractivity contribution in [2.24, 2.45) is 0 Å². The molecule has 0 saturated carbocycles. The average Bonchev–Trinajstić information content (AvgIpc) is 3.29. The maximum atomic E-state index is 12.2. The number of pyridine rings is 1. The molecule has 0 aliphatic rings. The first kappa shape index (κ1) is 14.3. The molecule has 0 radical (unpaired) electrons. The summed E-state index contributed by atoms with van der Waals surface area (Å²) in [6.07, 6.45) is 1.84. The molecule has 1 aromatic carbocycles. The number of carbonyl (C=O) groups excluding carboxylic acids is 1. The van der Waals surface area contributed by atoms with Crippen LogP contribution in [-0.2, 0) is 6.54 Å². The highest BCUT2D eigenvalue weighted by molar-refractivity contribution is 5.92. The minimum absolute atomic E-state index is 0.259. The normalized spacial score (nSPS) is 10.8. The van der Waals surface area contributed by atoms with Gasteiger partial charge in [-0.05, 0) is 30.3 Å². The van der Waals surface area contributed by atoms with E-state index in [9.17, 15) is 4.79 Å². The Labute approximate surface area is 138 Å². The maximum Gasteiger partial charge on any atom is 0.287 e. The zero-order chi connectivity index (χ0) is 16.4. The number of benzene rings is 1. The van der Waals surface area contributed by atoms with Gasteiger partial charge in [0.25, 0.3) is 5.91 Å². The number of fused-ring (bicyclic) bond motifs is 1. The van der Waals surface area contributed by atoms with Crippen LogP contribution >= 0.6 is 0 Å². The number of carbonyl (C=O) groups is 1. The molecule has 0 fully saturated rings. The van der Waals surface area contributed by atoms with Crippen LogP contribution < -0.4 is 5.32 Å². The van der Waals surface area contributed by atoms with Gasteiger partial charge < -0.3 is 14.7 Å². The Morgan fingerprint density at radius 1 is 1.04 bits per heavy atom. The minimum atomic E-state index is -0.259. The highest BCUT2D eigenvalue weighted by Crippen LogP contribution is 2.21. The van der Waals surface area contributed by atoms with Crippen LogP contribution in [0.5, 0.6) is 0 Å². The molecule has 0 saturated heterocycles. The lowest BCUT2D eigenvalue weighted by Crippen LogP contribution is -2.22. The van der Waals surface area contributed by atoms with Crippen molar-refractivity contribution in [3.05, 3.63) is 78.3 Å². The molecule has 5 nitrogen and oxygen atoms in total. The minimum Gasteiger partial charge on any atom is -0.451 e. The number of amides is 1. The molecule has 24 heavy (non-hydrogen) atoms. The third-order valence-electron chi connectivity index (χ3n) is 3.79. The van der Waals surface area contributed by atoms with E-state index in [1.165, 1.54) is 0 Å². The highest BCUT2D eigenvalue weighted by Gasteiger charge is 2.12. The van der Waals surface area contributed by atoms with Gasteiger partial charge >= 0.3 is 0 Å². The Kier molecular flexibility index (Phi) is 3.59. The average molecular weight is 317 g/mol. The fraction of sp³-hybridized carbons (Fsp3) is 0.0526. The summed E-state index contributed by atoms with van der Waals surface area (Å²) >= 11 is 0. The largest absolute Gasteiger partial charge is 0.451 e. The molecule has 3 aromatic heterocycles. The maximum absolute atomic E-state index is 12.2. The number of nitrogens with one attached hydrogen (secondary N) is 2. The second-order valence-corrected chi connectivity index (χ2v) is 5.43. The molecule has 0 atom stereocenters. The summed E-state index contributed by atoms with van der Waals surface area (Å²) < 4.78 is 5.64. The van der Waals surface area contributed by atoms with Crippen LogP contribution in [0.2, 0.25) is 0 Å². The Balaban J connectivity index is 1.45. The first-order valence-corrected chi connectivity index (χ1v) is 7.66. The number of H-pyrrole nitrogens is 1. The third kappa shape index (κ3) is 2.79. The molecule has 4 aromatic rings. The Hall–Kier alpha value is -3.34. The zero-order valence-corrected chi connectivity index (χ0v) is 12.8. The molecule has 5 heteroatoms. The van der Waals surface area contributed by atoms with Crippen LogP contribution in [0, 0.1) is 0 Å². The lowest BCUT2D eigenvalue weighted by Gasteiger charge is -2.03. The summed E-state index contributed by atoms with van der Waals surface area (Å²) in [5.74, 6) is 0.701. The van der Waals surface area contributed by atoms with Crippen LogP contribution in [0.1, 0.15) is 16.2 Å². The fourth-order valence-corrected chi connectivity index (χ4v) is 2.54. The van der Waals surface area contributed by atoms with Gasteiger partial charge in [-0.3, -0.25) is 4.79 Å². The first-order valence-electron chi connectivity index (χ1n) is 7.66. The van der Waals surface area contributed by atoms with E-state index in [0.717, 1.165) is 22.3 Å². The highest BCUT2D eigenvalue weighted by atomic mass is 16.3. The number of hydrogen-bond donors (Lipinski definition) is 2. The van der Waals surface area contributed by atoms with E-state index in [1.807, 2.05) is 54.7 Å². The summed E-state index contributed by atoms with van der Waals surface area (Å²) in [6.45, 7) is 0.342. The zero-order valence-electron chi connectivity index (χ0n) is 12.8. The molecule has 118 valence electrons. The third-order valence-corrected chi connectivity index (χ3v) is 3.79. The van der Waals surface area contributed by atoms with Gasteiger partial charge in [0.1, 0.15) is 11.4 Å². The Bertz CT molecular complexity index is 986. The summed E-state index contributed by atoms with van der Waals surface area (Å²) in [6, 6.07) is 19.0. The number of aromatic amines is 1. The molecule has 0 unspecified atom stereocenters. The van der Waals surface area contributed by atoms with Crippen LogP contribution in [0.4, 0.5) is 0 Å². The van der Waals surface area contributed by atoms with Crippen LogP contribution in [0.15, 0.2) is 71.3 Å².